The van der Waals surface area contributed by atoms with Gasteiger partial charge in [-0.2, -0.15) is 0 Å². The summed E-state index contributed by atoms with van der Waals surface area (Å²) in [7, 11) is 0. The molecule has 0 aliphatic carbocycles. The Bertz CT molecular complexity index is 615. The lowest BCUT2D eigenvalue weighted by molar-refractivity contribution is -0.136. The van der Waals surface area contributed by atoms with E-state index in [0.717, 1.165) is 63.1 Å². The van der Waals surface area contributed by atoms with Crippen molar-refractivity contribution in [2.24, 2.45) is 5.92 Å². The number of likely N-dealkylation sites (tertiary alicyclic amines) is 2. The van der Waals surface area contributed by atoms with Crippen LogP contribution in [0.1, 0.15) is 44.1 Å². The van der Waals surface area contributed by atoms with Gasteiger partial charge in [0.1, 0.15) is 0 Å². The Morgan fingerprint density at radius 1 is 1.12 bits per heavy atom. The van der Waals surface area contributed by atoms with Gasteiger partial charge in [0.2, 0.25) is 11.8 Å². The van der Waals surface area contributed by atoms with E-state index in [2.05, 4.69) is 0 Å². The molecule has 26 heavy (non-hydrogen) atoms. The Kier molecular flexibility index (Phi) is 7.76. The van der Waals surface area contributed by atoms with E-state index >= 15 is 0 Å². The molecule has 6 heteroatoms. The maximum Gasteiger partial charge on any atom is 0.222 e. The Morgan fingerprint density at radius 3 is 2.54 bits per heavy atom. The predicted molar refractivity (Wildman–Crippen MR) is 106 cm³/mol. The molecule has 2 fully saturated rings. The van der Waals surface area contributed by atoms with Crippen molar-refractivity contribution in [3.05, 3.63) is 29.8 Å². The number of nitrogens with zero attached hydrogens (tertiary/aromatic N) is 2. The highest BCUT2D eigenvalue weighted by Gasteiger charge is 2.26. The fraction of sp³-hybridized carbons (Fsp3) is 0.600. The highest BCUT2D eigenvalue weighted by Crippen LogP contribution is 2.22. The molecule has 0 saturated carbocycles. The first-order valence-corrected chi connectivity index (χ1v) is 9.52. The van der Waals surface area contributed by atoms with Crippen molar-refractivity contribution in [3.8, 4) is 0 Å². The molecule has 0 unspecified atom stereocenters. The number of hydrogen-bond donors (Lipinski definition) is 1. The van der Waals surface area contributed by atoms with Gasteiger partial charge in [-0.15, -0.1) is 12.4 Å². The van der Waals surface area contributed by atoms with Gasteiger partial charge in [0, 0.05) is 44.7 Å². The number of rotatable bonds is 5. The average molecular weight is 380 g/mol. The van der Waals surface area contributed by atoms with Gasteiger partial charge >= 0.3 is 0 Å². The monoisotopic (exact) mass is 379 g/mol. The second-order valence-corrected chi connectivity index (χ2v) is 7.32. The van der Waals surface area contributed by atoms with Crippen LogP contribution in [0.4, 0.5) is 5.69 Å². The van der Waals surface area contributed by atoms with E-state index in [1.165, 1.54) is 0 Å². The van der Waals surface area contributed by atoms with Crippen molar-refractivity contribution in [3.63, 3.8) is 0 Å². The van der Waals surface area contributed by atoms with Gasteiger partial charge in [0.05, 0.1) is 0 Å². The van der Waals surface area contributed by atoms with Gasteiger partial charge in [-0.3, -0.25) is 9.59 Å². The van der Waals surface area contributed by atoms with Gasteiger partial charge in [0.25, 0.3) is 0 Å². The van der Waals surface area contributed by atoms with E-state index in [0.29, 0.717) is 31.1 Å². The summed E-state index contributed by atoms with van der Waals surface area (Å²) in [6.45, 7) is 3.42. The second kappa shape index (κ2) is 9.81. The predicted octanol–water partition coefficient (Wildman–Crippen LogP) is 2.87. The minimum Gasteiger partial charge on any atom is -0.399 e. The fourth-order valence-electron chi connectivity index (χ4n) is 3.89. The Balaban J connectivity index is 0.00000243. The smallest absolute Gasteiger partial charge is 0.222 e. The number of anilines is 1. The Hall–Kier alpha value is -1.75. The van der Waals surface area contributed by atoms with Crippen LogP contribution in [-0.4, -0.2) is 47.8 Å². The summed E-state index contributed by atoms with van der Waals surface area (Å²) >= 11 is 0. The minimum absolute atomic E-state index is 0. The van der Waals surface area contributed by atoms with Crippen LogP contribution in [0.3, 0.4) is 0 Å². The molecule has 3 rings (SSSR count). The van der Waals surface area contributed by atoms with Crippen molar-refractivity contribution >= 4 is 29.9 Å². The highest BCUT2D eigenvalue weighted by molar-refractivity contribution is 5.85. The molecule has 2 aliphatic rings. The van der Waals surface area contributed by atoms with Gasteiger partial charge in [-0.25, -0.2) is 0 Å². The molecule has 5 nitrogen and oxygen atoms in total. The van der Waals surface area contributed by atoms with Crippen molar-refractivity contribution in [1.82, 2.24) is 9.80 Å². The quantitative estimate of drug-likeness (QED) is 0.800. The van der Waals surface area contributed by atoms with Gasteiger partial charge in [-0.1, -0.05) is 18.2 Å². The molecule has 2 amide bonds. The number of carbonyl (C=O) groups excluding carboxylic acids is 2. The largest absolute Gasteiger partial charge is 0.399 e. The normalized spacial score (nSPS) is 18.5. The maximum atomic E-state index is 12.5. The van der Waals surface area contributed by atoms with Crippen LogP contribution in [0.25, 0.3) is 0 Å². The standard InChI is InChI=1S/C20H29N3O2.ClH/c21-18-6-2-1-5-17(18)8-9-20(25)22-13-10-16(11-14-22)15-23-12-4-3-7-19(23)24;/h1-2,5-6,16H,3-4,7-15,21H2;1H. The first-order valence-electron chi connectivity index (χ1n) is 9.52. The molecular formula is C20H30ClN3O2. The van der Waals surface area contributed by atoms with E-state index < -0.39 is 0 Å². The van der Waals surface area contributed by atoms with E-state index in [4.69, 9.17) is 5.73 Å². The highest BCUT2D eigenvalue weighted by atomic mass is 35.5. The molecule has 2 saturated heterocycles. The third kappa shape index (κ3) is 5.37. The zero-order valence-corrected chi connectivity index (χ0v) is 16.2. The van der Waals surface area contributed by atoms with Crippen LogP contribution in [0, 0.1) is 5.92 Å². The summed E-state index contributed by atoms with van der Waals surface area (Å²) < 4.78 is 0. The van der Waals surface area contributed by atoms with E-state index in [1.807, 2.05) is 34.1 Å². The second-order valence-electron chi connectivity index (χ2n) is 7.32. The zero-order valence-electron chi connectivity index (χ0n) is 15.4. The van der Waals surface area contributed by atoms with Crippen LogP contribution >= 0.6 is 12.4 Å². The van der Waals surface area contributed by atoms with Crippen molar-refractivity contribution in [1.29, 1.82) is 0 Å². The molecular weight excluding hydrogens is 350 g/mol. The van der Waals surface area contributed by atoms with E-state index in [9.17, 15) is 9.59 Å². The van der Waals surface area contributed by atoms with Crippen molar-refractivity contribution in [2.45, 2.75) is 44.9 Å². The van der Waals surface area contributed by atoms with Crippen LogP contribution in [-0.2, 0) is 16.0 Å². The van der Waals surface area contributed by atoms with Crippen LogP contribution in [0.15, 0.2) is 24.3 Å². The lowest BCUT2D eigenvalue weighted by Gasteiger charge is -2.36. The van der Waals surface area contributed by atoms with Crippen molar-refractivity contribution < 1.29 is 9.59 Å². The summed E-state index contributed by atoms with van der Waals surface area (Å²) in [6, 6.07) is 7.75. The number of hydrogen-bond acceptors (Lipinski definition) is 3. The van der Waals surface area contributed by atoms with Gasteiger partial charge < -0.3 is 15.5 Å². The summed E-state index contributed by atoms with van der Waals surface area (Å²) in [5, 5.41) is 0. The molecule has 2 aliphatic heterocycles. The molecule has 0 atom stereocenters. The molecule has 0 radical (unpaired) electrons. The first kappa shape index (κ1) is 20.6. The van der Waals surface area contributed by atoms with Crippen LogP contribution in [0.5, 0.6) is 0 Å². The Morgan fingerprint density at radius 2 is 1.85 bits per heavy atom. The van der Waals surface area contributed by atoms with Gasteiger partial charge in [0.15, 0.2) is 0 Å². The summed E-state index contributed by atoms with van der Waals surface area (Å²) in [4.78, 5) is 28.4. The first-order chi connectivity index (χ1) is 12.1. The van der Waals surface area contributed by atoms with Crippen LogP contribution in [0.2, 0.25) is 0 Å². The lowest BCUT2D eigenvalue weighted by atomic mass is 9.94. The molecule has 144 valence electrons. The minimum atomic E-state index is 0. The number of carbonyl (C=O) groups is 2. The number of benzene rings is 1. The summed E-state index contributed by atoms with van der Waals surface area (Å²) in [5.74, 6) is 1.07. The molecule has 0 bridgehead atoms. The fourth-order valence-corrected chi connectivity index (χ4v) is 3.89. The van der Waals surface area contributed by atoms with Gasteiger partial charge in [-0.05, 0) is 49.7 Å². The summed E-state index contributed by atoms with van der Waals surface area (Å²) in [6.07, 6.45) is 6.10. The zero-order chi connectivity index (χ0) is 17.6. The molecule has 2 heterocycles. The van der Waals surface area contributed by atoms with E-state index in [1.54, 1.807) is 0 Å². The van der Waals surface area contributed by atoms with Crippen LogP contribution < -0.4 is 5.73 Å². The average Bonchev–Trinajstić information content (AvgIpc) is 2.63. The molecule has 1 aromatic rings. The molecule has 1 aromatic carbocycles. The topological polar surface area (TPSA) is 66.6 Å². The molecule has 2 N–H and O–H groups in total. The maximum absolute atomic E-state index is 12.5. The third-order valence-electron chi connectivity index (χ3n) is 5.53. The van der Waals surface area contributed by atoms with E-state index in [-0.39, 0.29) is 18.3 Å². The number of amides is 2. The summed E-state index contributed by atoms with van der Waals surface area (Å²) in [5.41, 5.74) is 7.76. The number of aryl methyl sites for hydroxylation is 1. The molecule has 0 spiro atoms. The van der Waals surface area contributed by atoms with Crippen molar-refractivity contribution in [2.75, 3.05) is 31.9 Å². The number of piperidine rings is 2. The third-order valence-corrected chi connectivity index (χ3v) is 5.53. The number of para-hydroxylation sites is 1. The number of nitrogen functional groups attached to an aromatic ring is 1. The number of nitrogens with two attached hydrogens (primary N) is 1. The Labute approximate surface area is 162 Å². The SMILES string of the molecule is Cl.Nc1ccccc1CCC(=O)N1CCC(CN2CCCCC2=O)CC1. The number of halogens is 1. The molecule has 0 aromatic heterocycles. The lowest BCUT2D eigenvalue weighted by Crippen LogP contribution is -2.44.